The fraction of sp³-hybridized carbons (Fsp3) is 0.667. The van der Waals surface area contributed by atoms with E-state index < -0.39 is 18.2 Å². The molecule has 0 spiro atoms. The topological polar surface area (TPSA) is 96.2 Å². The summed E-state index contributed by atoms with van der Waals surface area (Å²) in [6.45, 7) is 4.84. The lowest BCUT2D eigenvalue weighted by Crippen LogP contribution is -2.22. The van der Waals surface area contributed by atoms with Gasteiger partial charge in [-0.25, -0.2) is 0 Å². The molecule has 0 aromatic heterocycles. The maximum Gasteiger partial charge on any atom is 0.306 e. The Balaban J connectivity index is 1.49. The average Bonchev–Trinajstić information content (AvgIpc) is 2.95. The zero-order chi connectivity index (χ0) is 23.8. The number of fused-ring (bicyclic) bond motifs is 1. The van der Waals surface area contributed by atoms with Crippen molar-refractivity contribution < 1.29 is 29.6 Å². The van der Waals surface area contributed by atoms with Gasteiger partial charge in [-0.3, -0.25) is 4.79 Å². The van der Waals surface area contributed by atoms with Crippen molar-refractivity contribution in [2.75, 3.05) is 13.2 Å². The summed E-state index contributed by atoms with van der Waals surface area (Å²) in [5, 5.41) is 30.4. The third-order valence-electron chi connectivity index (χ3n) is 7.25. The molecule has 1 aromatic carbocycles. The summed E-state index contributed by atoms with van der Waals surface area (Å²) in [6, 6.07) is 7.71. The van der Waals surface area contributed by atoms with Gasteiger partial charge in [0.25, 0.3) is 0 Å². The largest absolute Gasteiger partial charge is 0.491 e. The molecule has 3 N–H and O–H groups in total. The molecular weight excluding hydrogens is 420 g/mol. The Hall–Kier alpha value is -1.89. The van der Waals surface area contributed by atoms with E-state index in [1.807, 2.05) is 44.2 Å². The van der Waals surface area contributed by atoms with Crippen molar-refractivity contribution in [1.82, 2.24) is 0 Å². The number of rotatable bonds is 11. The minimum atomic E-state index is -0.747. The molecule has 3 rings (SSSR count). The van der Waals surface area contributed by atoms with Crippen LogP contribution in [0, 0.1) is 30.6 Å². The Morgan fingerprint density at radius 2 is 2.00 bits per heavy atom. The molecule has 1 aromatic rings. The summed E-state index contributed by atoms with van der Waals surface area (Å²) >= 11 is 0. The van der Waals surface area contributed by atoms with Crippen LogP contribution in [0.3, 0.4) is 0 Å². The van der Waals surface area contributed by atoms with Crippen LogP contribution in [0.1, 0.15) is 57.4 Å². The number of aliphatic hydroxyl groups is 2. The molecule has 6 nitrogen and oxygen atoms in total. The molecule has 7 atom stereocenters. The highest BCUT2D eigenvalue weighted by molar-refractivity contribution is 5.69. The third-order valence-corrected chi connectivity index (χ3v) is 7.25. The standard InChI is InChI=1S/C27H40O6/c1-3-4-20(27(30)31)9-7-19-8-13-24-23(25(29)15-26(24)33-16-19)14-10-21(28)17-32-22-11-5-18(2)6-12-22/h5-6,10-12,14,19-21,23-26,28-29H,3-4,7-9,13,15-17H2,1-2H3,(H,30,31)/b14-10+/t19-,20?,21-,23-,24-,25-,26+/m1/s1. The number of carbonyl (C=O) groups is 1. The lowest BCUT2D eigenvalue weighted by molar-refractivity contribution is -0.142. The van der Waals surface area contributed by atoms with Crippen LogP contribution in [0.4, 0.5) is 0 Å². The smallest absolute Gasteiger partial charge is 0.306 e. The SMILES string of the molecule is CCCC(CC[C@@H]1CC[C@@H]2[C@@H](/C=C/[C@@H](O)COc3ccc(C)cc3)[C@H](O)C[C@@H]2OC1)C(=O)O. The maximum atomic E-state index is 11.4. The van der Waals surface area contributed by atoms with Gasteiger partial charge in [0.15, 0.2) is 0 Å². The molecule has 2 aliphatic rings. The van der Waals surface area contributed by atoms with Crippen LogP contribution in [0.15, 0.2) is 36.4 Å². The molecule has 33 heavy (non-hydrogen) atoms. The van der Waals surface area contributed by atoms with Gasteiger partial charge in [-0.1, -0.05) is 43.2 Å². The average molecular weight is 461 g/mol. The Bertz CT molecular complexity index is 760. The summed E-state index contributed by atoms with van der Waals surface area (Å²) in [7, 11) is 0. The first kappa shape index (κ1) is 25.7. The third kappa shape index (κ3) is 7.56. The number of aryl methyl sites for hydroxylation is 1. The van der Waals surface area contributed by atoms with Crippen LogP contribution in [0.2, 0.25) is 0 Å². The van der Waals surface area contributed by atoms with Crippen molar-refractivity contribution in [3.63, 3.8) is 0 Å². The fourth-order valence-electron chi connectivity index (χ4n) is 5.25. The lowest BCUT2D eigenvalue weighted by atomic mass is 9.85. The molecule has 1 saturated heterocycles. The van der Waals surface area contributed by atoms with E-state index in [1.54, 1.807) is 6.08 Å². The highest BCUT2D eigenvalue weighted by Gasteiger charge is 2.43. The molecule has 1 aliphatic carbocycles. The second-order valence-corrected chi connectivity index (χ2v) is 9.84. The summed E-state index contributed by atoms with van der Waals surface area (Å²) in [4.78, 5) is 11.4. The number of benzene rings is 1. The number of ether oxygens (including phenoxy) is 2. The Morgan fingerprint density at radius 3 is 2.70 bits per heavy atom. The van der Waals surface area contributed by atoms with Crippen LogP contribution in [0.5, 0.6) is 5.75 Å². The zero-order valence-electron chi connectivity index (χ0n) is 19.9. The van der Waals surface area contributed by atoms with Crippen molar-refractivity contribution in [3.05, 3.63) is 42.0 Å². The maximum absolute atomic E-state index is 11.4. The summed E-state index contributed by atoms with van der Waals surface area (Å²) in [6.07, 6.45) is 8.18. The van der Waals surface area contributed by atoms with E-state index in [9.17, 15) is 20.1 Å². The molecule has 1 saturated carbocycles. The zero-order valence-corrected chi connectivity index (χ0v) is 19.9. The molecule has 1 aliphatic heterocycles. The normalized spacial score (nSPS) is 29.4. The van der Waals surface area contributed by atoms with E-state index in [4.69, 9.17) is 9.47 Å². The van der Waals surface area contributed by atoms with E-state index in [0.717, 1.165) is 43.4 Å². The Morgan fingerprint density at radius 1 is 1.24 bits per heavy atom. The van der Waals surface area contributed by atoms with Crippen LogP contribution in [-0.2, 0) is 9.53 Å². The van der Waals surface area contributed by atoms with Crippen molar-refractivity contribution in [1.29, 1.82) is 0 Å². The molecule has 6 heteroatoms. The van der Waals surface area contributed by atoms with E-state index in [-0.39, 0.29) is 30.5 Å². The summed E-state index contributed by atoms with van der Waals surface area (Å²) < 4.78 is 11.8. The van der Waals surface area contributed by atoms with Crippen molar-refractivity contribution >= 4 is 5.97 Å². The van der Waals surface area contributed by atoms with Crippen LogP contribution in [-0.4, -0.2) is 52.8 Å². The molecule has 0 amide bonds. The van der Waals surface area contributed by atoms with Crippen LogP contribution < -0.4 is 4.74 Å². The van der Waals surface area contributed by atoms with E-state index >= 15 is 0 Å². The monoisotopic (exact) mass is 460 g/mol. The van der Waals surface area contributed by atoms with Gasteiger partial charge in [-0.15, -0.1) is 0 Å². The number of hydrogen-bond donors (Lipinski definition) is 3. The van der Waals surface area contributed by atoms with Crippen molar-refractivity contribution in [2.24, 2.45) is 23.7 Å². The highest BCUT2D eigenvalue weighted by atomic mass is 16.5. The summed E-state index contributed by atoms with van der Waals surface area (Å²) in [5.41, 5.74) is 1.16. The van der Waals surface area contributed by atoms with Gasteiger partial charge in [0.1, 0.15) is 18.5 Å². The minimum Gasteiger partial charge on any atom is -0.491 e. The first-order valence-corrected chi connectivity index (χ1v) is 12.5. The van der Waals surface area contributed by atoms with Gasteiger partial charge < -0.3 is 24.8 Å². The molecule has 1 unspecified atom stereocenters. The number of carboxylic acid groups (broad SMARTS) is 1. The minimum absolute atomic E-state index is 0.0199. The fourth-order valence-corrected chi connectivity index (χ4v) is 5.25. The van der Waals surface area contributed by atoms with Crippen LogP contribution >= 0.6 is 0 Å². The molecular formula is C27H40O6. The first-order chi connectivity index (χ1) is 15.9. The van der Waals surface area contributed by atoms with Gasteiger partial charge in [-0.2, -0.15) is 0 Å². The first-order valence-electron chi connectivity index (χ1n) is 12.5. The highest BCUT2D eigenvalue weighted by Crippen LogP contribution is 2.42. The predicted molar refractivity (Wildman–Crippen MR) is 127 cm³/mol. The molecule has 0 bridgehead atoms. The quantitative estimate of drug-likeness (QED) is 0.425. The number of carboxylic acids is 1. The number of aliphatic hydroxyl groups excluding tert-OH is 2. The Kier molecular flexibility index (Phi) is 9.78. The molecule has 1 heterocycles. The Labute approximate surface area is 197 Å². The van der Waals surface area contributed by atoms with Gasteiger partial charge in [-0.05, 0) is 63.0 Å². The predicted octanol–water partition coefficient (Wildman–Crippen LogP) is 4.36. The van der Waals surface area contributed by atoms with Gasteiger partial charge in [0.2, 0.25) is 0 Å². The van der Waals surface area contributed by atoms with Crippen molar-refractivity contribution in [3.8, 4) is 5.75 Å². The van der Waals surface area contributed by atoms with Gasteiger partial charge >= 0.3 is 5.97 Å². The molecule has 2 fully saturated rings. The van der Waals surface area contributed by atoms with E-state index in [1.165, 1.54) is 0 Å². The number of hydrogen-bond acceptors (Lipinski definition) is 5. The second kappa shape index (κ2) is 12.5. The molecule has 184 valence electrons. The lowest BCUT2D eigenvalue weighted by Gasteiger charge is -2.21. The van der Waals surface area contributed by atoms with Gasteiger partial charge in [0, 0.05) is 18.9 Å². The van der Waals surface area contributed by atoms with E-state index in [0.29, 0.717) is 25.4 Å². The molecule has 0 radical (unpaired) electrons. The number of aliphatic carboxylic acids is 1. The van der Waals surface area contributed by atoms with Crippen molar-refractivity contribution in [2.45, 2.75) is 77.1 Å². The summed E-state index contributed by atoms with van der Waals surface area (Å²) in [5.74, 6) is 0.304. The van der Waals surface area contributed by atoms with E-state index in [2.05, 4.69) is 0 Å². The van der Waals surface area contributed by atoms with Gasteiger partial charge in [0.05, 0.1) is 18.1 Å². The van der Waals surface area contributed by atoms with Crippen LogP contribution in [0.25, 0.3) is 0 Å². The second-order valence-electron chi connectivity index (χ2n) is 9.84.